The van der Waals surface area contributed by atoms with Gasteiger partial charge in [-0.2, -0.15) is 13.1 Å². The number of halogens is 2. The molecule has 2 aromatic rings. The first-order chi connectivity index (χ1) is 20.9. The van der Waals surface area contributed by atoms with Crippen molar-refractivity contribution >= 4 is 47.3 Å². The van der Waals surface area contributed by atoms with Gasteiger partial charge in [0, 0.05) is 13.1 Å². The molecule has 240 valence electrons. The molecule has 2 aromatic heterocycles. The third kappa shape index (κ3) is 5.11. The number of hydrogen-bond donors (Lipinski definition) is 5. The quantitative estimate of drug-likeness (QED) is 0.192. The molecule has 1 amide bonds. The highest BCUT2D eigenvalue weighted by Crippen LogP contribution is 2.44. The van der Waals surface area contributed by atoms with Crippen LogP contribution in [0.25, 0.3) is 11.2 Å². The number of carbonyl (C=O) groups is 1. The lowest BCUT2D eigenvalue weighted by Gasteiger charge is -2.35. The number of rotatable bonds is 2. The maximum Gasteiger partial charge on any atom is 0.336 e. The van der Waals surface area contributed by atoms with Crippen molar-refractivity contribution in [2.45, 2.75) is 61.4 Å². The number of alkyl halides is 2. The number of carbonyl (C=O) groups excluding carboxylic acids is 1. The van der Waals surface area contributed by atoms with Crippen molar-refractivity contribution in [3.8, 4) is 0 Å². The first-order valence-corrected chi connectivity index (χ1v) is 16.1. The predicted molar refractivity (Wildman–Crippen MR) is 138 cm³/mol. The fourth-order valence-corrected chi connectivity index (χ4v) is 7.72. The van der Waals surface area contributed by atoms with Gasteiger partial charge in [0.2, 0.25) is 13.7 Å². The number of anilines is 1. The van der Waals surface area contributed by atoms with Gasteiger partial charge >= 0.3 is 10.3 Å². The minimum absolute atomic E-state index is 0.00146. The summed E-state index contributed by atoms with van der Waals surface area (Å²) in [7, 11) is -9.88. The molecule has 0 aliphatic carbocycles. The van der Waals surface area contributed by atoms with Crippen LogP contribution in [0, 0.1) is 0 Å². The molecule has 5 aliphatic rings. The van der Waals surface area contributed by atoms with Gasteiger partial charge < -0.3 is 34.8 Å². The largest absolute Gasteiger partial charge is 0.766 e. The van der Waals surface area contributed by atoms with E-state index < -0.39 is 98.5 Å². The molecule has 44 heavy (non-hydrogen) atoms. The van der Waals surface area contributed by atoms with E-state index in [2.05, 4.69) is 35.7 Å². The van der Waals surface area contributed by atoms with E-state index in [0.29, 0.717) is 0 Å². The third-order valence-electron chi connectivity index (χ3n) is 7.76. The first-order valence-electron chi connectivity index (χ1n) is 13.2. The molecule has 4 fully saturated rings. The number of fused-ring (bicyclic) bond motifs is 4. The van der Waals surface area contributed by atoms with Crippen LogP contribution in [0.1, 0.15) is 6.23 Å². The van der Waals surface area contributed by atoms with Crippen LogP contribution in [0.5, 0.6) is 0 Å². The minimum atomic E-state index is -5.11. The molecule has 0 saturated carbocycles. The molecular weight excluding hydrogens is 639 g/mol. The number of amides is 1. The molecule has 5 aliphatic heterocycles. The summed E-state index contributed by atoms with van der Waals surface area (Å²) in [6, 6.07) is -0.923. The van der Waals surface area contributed by atoms with E-state index in [9.17, 15) is 22.7 Å². The second kappa shape index (κ2) is 10.8. The van der Waals surface area contributed by atoms with Crippen LogP contribution in [0.4, 0.5) is 14.6 Å². The fraction of sp³-hybridized carbons (Fsp3) is 0.650. The summed E-state index contributed by atoms with van der Waals surface area (Å²) in [5.41, 5.74) is 5.99. The Morgan fingerprint density at radius 1 is 1.09 bits per heavy atom. The molecule has 0 radical (unpaired) electrons. The van der Waals surface area contributed by atoms with E-state index in [1.54, 1.807) is 0 Å². The molecule has 4 saturated heterocycles. The summed E-state index contributed by atoms with van der Waals surface area (Å²) >= 11 is 0. The van der Waals surface area contributed by atoms with Crippen molar-refractivity contribution in [3.05, 3.63) is 12.7 Å². The Labute approximate surface area is 246 Å². The van der Waals surface area contributed by atoms with Crippen LogP contribution in [0.2, 0.25) is 0 Å². The average Bonchev–Trinajstić information content (AvgIpc) is 3.73. The molecule has 7 rings (SSSR count). The molecule has 3 unspecified atom stereocenters. The van der Waals surface area contributed by atoms with Gasteiger partial charge in [-0.1, -0.05) is 0 Å². The van der Waals surface area contributed by atoms with Gasteiger partial charge in [-0.3, -0.25) is 29.3 Å². The summed E-state index contributed by atoms with van der Waals surface area (Å²) in [4.78, 5) is 42.3. The van der Waals surface area contributed by atoms with E-state index in [-0.39, 0.29) is 23.7 Å². The number of ether oxygens (including phenoxy) is 2. The molecule has 20 nitrogen and oxygen atoms in total. The number of hydrogen-bond acceptors (Lipinski definition) is 16. The van der Waals surface area contributed by atoms with Gasteiger partial charge in [-0.25, -0.2) is 27.9 Å². The molecular formula is C20H25F2N11O9PS-. The maximum absolute atomic E-state index is 15.8. The SMILES string of the molecule is Nc1ncnc2c1ncn2[C@@H]1O[C@@H]2CNS(=O)(=O)O[C@H]3[C@@H](F)[C@H](N4C=NC5C(=O)NCNC54)O[C@@H]3CNP(=O)([O-])O[C@H]2[C@H]1F. The van der Waals surface area contributed by atoms with Crippen LogP contribution in [-0.2, 0) is 37.8 Å². The van der Waals surface area contributed by atoms with Crippen molar-refractivity contribution in [1.82, 2.24) is 44.9 Å². The molecule has 7 heterocycles. The van der Waals surface area contributed by atoms with Crippen LogP contribution in [0.3, 0.4) is 0 Å². The summed E-state index contributed by atoms with van der Waals surface area (Å²) in [6.07, 6.45) is -11.5. The summed E-state index contributed by atoms with van der Waals surface area (Å²) < 4.78 is 95.5. The number of nitrogen functional groups attached to an aromatic ring is 1. The standard InChI is InChI=1S/C20H26F2N11O9PS/c21-9-13-8(40-19(9)32-5-28-11-15(23)24-3-25-16(11)32)2-31-44(37,38)42-14-7(1-30-43(35,36)41-13)39-20(10(14)22)33-6-29-12-17(33)26-4-27-18(12)34/h3,5-10,12-14,17,19-20,26,31H,1-2,4H2,(H,27,34)(H2,23,24,25)(H2,30,35,36)/p-1/t7-,8-,9-,10-,12?,13-,14-,17?,19-,20-/m1/s1. The number of aliphatic imine (C=N–C) groups is 1. The normalized spacial score (nSPS) is 42.2. The van der Waals surface area contributed by atoms with E-state index in [4.69, 9.17) is 23.9 Å². The zero-order valence-corrected chi connectivity index (χ0v) is 23.9. The van der Waals surface area contributed by atoms with Crippen molar-refractivity contribution in [1.29, 1.82) is 0 Å². The van der Waals surface area contributed by atoms with Crippen molar-refractivity contribution < 1.29 is 49.6 Å². The average molecular weight is 665 g/mol. The monoisotopic (exact) mass is 664 g/mol. The number of nitrogens with two attached hydrogens (primary N) is 1. The van der Waals surface area contributed by atoms with Gasteiger partial charge in [0.1, 0.15) is 42.4 Å². The second-order valence-corrected chi connectivity index (χ2v) is 13.3. The van der Waals surface area contributed by atoms with E-state index in [1.807, 2.05) is 4.72 Å². The Balaban J connectivity index is 1.13. The third-order valence-corrected chi connectivity index (χ3v) is 9.84. The highest BCUT2D eigenvalue weighted by Gasteiger charge is 2.55. The van der Waals surface area contributed by atoms with E-state index in [0.717, 1.165) is 17.2 Å². The topological polar surface area (TPSA) is 262 Å². The van der Waals surface area contributed by atoms with Crippen molar-refractivity contribution in [3.63, 3.8) is 0 Å². The number of imidazole rings is 1. The Hall–Kier alpha value is -2.99. The Morgan fingerprint density at radius 3 is 2.66 bits per heavy atom. The summed E-state index contributed by atoms with van der Waals surface area (Å²) in [5, 5.41) is 7.56. The summed E-state index contributed by atoms with van der Waals surface area (Å²) in [6.45, 7) is -1.39. The molecule has 11 atom stereocenters. The maximum atomic E-state index is 15.8. The van der Waals surface area contributed by atoms with Crippen molar-refractivity contribution in [2.75, 3.05) is 25.5 Å². The van der Waals surface area contributed by atoms with Crippen LogP contribution >= 0.6 is 7.75 Å². The van der Waals surface area contributed by atoms with Crippen LogP contribution < -0.4 is 31.1 Å². The molecule has 6 N–H and O–H groups in total. The lowest BCUT2D eigenvalue weighted by Crippen LogP contribution is -2.63. The zero-order valence-electron chi connectivity index (χ0n) is 22.2. The minimum Gasteiger partial charge on any atom is -0.766 e. The molecule has 0 bridgehead atoms. The predicted octanol–water partition coefficient (Wildman–Crippen LogP) is -3.90. The van der Waals surface area contributed by atoms with Gasteiger partial charge in [-0.15, -0.1) is 0 Å². The van der Waals surface area contributed by atoms with E-state index >= 15 is 8.78 Å². The highest BCUT2D eigenvalue weighted by atomic mass is 32.2. The lowest BCUT2D eigenvalue weighted by atomic mass is 10.1. The number of nitrogens with zero attached hydrogens (tertiary/aromatic N) is 6. The van der Waals surface area contributed by atoms with Crippen LogP contribution in [0.15, 0.2) is 17.6 Å². The van der Waals surface area contributed by atoms with Gasteiger partial charge in [0.15, 0.2) is 42.3 Å². The lowest BCUT2D eigenvalue weighted by molar-refractivity contribution is -0.209. The van der Waals surface area contributed by atoms with Gasteiger partial charge in [-0.05, 0) is 0 Å². The molecule has 24 heteroatoms. The Kier molecular flexibility index (Phi) is 7.31. The van der Waals surface area contributed by atoms with E-state index in [1.165, 1.54) is 11.2 Å². The summed E-state index contributed by atoms with van der Waals surface area (Å²) in [5.74, 6) is -0.414. The van der Waals surface area contributed by atoms with Gasteiger partial charge in [0.05, 0.1) is 19.3 Å². The zero-order chi connectivity index (χ0) is 31.0. The first kappa shape index (κ1) is 29.7. The number of nitrogens with one attached hydrogen (secondary N) is 4. The van der Waals surface area contributed by atoms with Gasteiger partial charge in [0.25, 0.3) is 0 Å². The smallest absolute Gasteiger partial charge is 0.336 e. The highest BCUT2D eigenvalue weighted by molar-refractivity contribution is 7.84. The molecule has 0 spiro atoms. The fourth-order valence-electron chi connectivity index (χ4n) is 5.71. The number of aromatic nitrogens is 4. The molecule has 0 aromatic carbocycles. The second-order valence-electron chi connectivity index (χ2n) is 10.4. The Bertz CT molecular complexity index is 1650. The van der Waals surface area contributed by atoms with Crippen LogP contribution in [-0.4, -0.2) is 120 Å². The Morgan fingerprint density at radius 2 is 1.84 bits per heavy atom. The van der Waals surface area contributed by atoms with Crippen molar-refractivity contribution in [2.24, 2.45) is 4.99 Å².